The molecule has 1 heterocycles. The van der Waals surface area contributed by atoms with E-state index in [0.29, 0.717) is 13.0 Å². The van der Waals surface area contributed by atoms with E-state index in [2.05, 4.69) is 5.32 Å². The van der Waals surface area contributed by atoms with Crippen molar-refractivity contribution in [2.75, 3.05) is 25.1 Å². The predicted octanol–water partition coefficient (Wildman–Crippen LogP) is 0.422. The summed E-state index contributed by atoms with van der Waals surface area (Å²) in [7, 11) is -1.15. The van der Waals surface area contributed by atoms with E-state index in [-0.39, 0.29) is 30.0 Å². The molecule has 1 aromatic rings. The third-order valence-corrected chi connectivity index (χ3v) is 5.23. The summed E-state index contributed by atoms with van der Waals surface area (Å²) in [5.41, 5.74) is 1.08. The molecule has 0 aromatic heterocycles. The van der Waals surface area contributed by atoms with Crippen molar-refractivity contribution >= 4 is 15.7 Å². The van der Waals surface area contributed by atoms with E-state index in [1.807, 2.05) is 30.3 Å². The van der Waals surface area contributed by atoms with Gasteiger partial charge in [-0.1, -0.05) is 30.3 Å². The Morgan fingerprint density at radius 2 is 2.05 bits per heavy atom. The fraction of sp³-hybridized carbons (Fsp3) is 0.500. The molecule has 0 bridgehead atoms. The summed E-state index contributed by atoms with van der Waals surface area (Å²) >= 11 is 0. The van der Waals surface area contributed by atoms with Gasteiger partial charge in [0.25, 0.3) is 0 Å². The maximum absolute atomic E-state index is 12.0. The van der Waals surface area contributed by atoms with Crippen molar-refractivity contribution in [2.45, 2.75) is 19.0 Å². The van der Waals surface area contributed by atoms with Crippen LogP contribution in [0.4, 0.5) is 0 Å². The van der Waals surface area contributed by atoms with Crippen molar-refractivity contribution in [1.82, 2.24) is 10.2 Å². The van der Waals surface area contributed by atoms with Gasteiger partial charge in [-0.25, -0.2) is 8.42 Å². The molecule has 110 valence electrons. The van der Waals surface area contributed by atoms with E-state index in [1.165, 1.54) is 0 Å². The summed E-state index contributed by atoms with van der Waals surface area (Å²) in [5, 5.41) is 3.03. The minimum Gasteiger partial charge on any atom is -0.340 e. The third-order valence-electron chi connectivity index (χ3n) is 3.46. The second-order valence-electron chi connectivity index (χ2n) is 5.22. The van der Waals surface area contributed by atoms with E-state index >= 15 is 0 Å². The van der Waals surface area contributed by atoms with Crippen LogP contribution in [0.3, 0.4) is 0 Å². The second kappa shape index (κ2) is 6.37. The molecule has 1 atom stereocenters. The van der Waals surface area contributed by atoms with E-state index in [4.69, 9.17) is 0 Å². The molecule has 0 saturated carbocycles. The lowest BCUT2D eigenvalue weighted by Gasteiger charge is -2.19. The molecule has 1 aliphatic heterocycles. The molecule has 1 unspecified atom stereocenters. The zero-order valence-electron chi connectivity index (χ0n) is 11.6. The first-order chi connectivity index (χ1) is 9.46. The Bertz CT molecular complexity index is 557. The number of hydrogen-bond acceptors (Lipinski definition) is 4. The Morgan fingerprint density at radius 1 is 1.35 bits per heavy atom. The lowest BCUT2D eigenvalue weighted by atomic mass is 10.2. The highest BCUT2D eigenvalue weighted by Gasteiger charge is 2.27. The first-order valence-electron chi connectivity index (χ1n) is 6.68. The molecule has 5 nitrogen and oxygen atoms in total. The fourth-order valence-electron chi connectivity index (χ4n) is 2.27. The standard InChI is InChI=1S/C14H20N2O3S/c1-16(10-12-5-3-2-4-6-12)14(17)9-15-13-7-8-20(18,19)11-13/h2-6,13,15H,7-11H2,1H3. The Balaban J connectivity index is 1.77. The van der Waals surface area contributed by atoms with E-state index in [1.54, 1.807) is 11.9 Å². The highest BCUT2D eigenvalue weighted by molar-refractivity contribution is 7.91. The van der Waals surface area contributed by atoms with Crippen LogP contribution in [-0.4, -0.2) is 50.4 Å². The summed E-state index contributed by atoms with van der Waals surface area (Å²) in [4.78, 5) is 13.6. The zero-order valence-corrected chi connectivity index (χ0v) is 12.4. The van der Waals surface area contributed by atoms with Crippen LogP contribution in [0.25, 0.3) is 0 Å². The topological polar surface area (TPSA) is 66.5 Å². The number of likely N-dealkylation sites (N-methyl/N-ethyl adjacent to an activating group) is 1. The van der Waals surface area contributed by atoms with Gasteiger partial charge in [-0.05, 0) is 12.0 Å². The van der Waals surface area contributed by atoms with E-state index in [9.17, 15) is 13.2 Å². The minimum atomic E-state index is -2.90. The largest absolute Gasteiger partial charge is 0.340 e. The summed E-state index contributed by atoms with van der Waals surface area (Å²) in [6.45, 7) is 0.744. The molecule has 2 rings (SSSR count). The molecular weight excluding hydrogens is 276 g/mol. The molecule has 1 fully saturated rings. The van der Waals surface area contributed by atoms with E-state index in [0.717, 1.165) is 5.56 Å². The van der Waals surface area contributed by atoms with E-state index < -0.39 is 9.84 Å². The summed E-state index contributed by atoms with van der Waals surface area (Å²) in [5.74, 6) is 0.333. The molecule has 20 heavy (non-hydrogen) atoms. The van der Waals surface area contributed by atoms with Crippen molar-refractivity contribution in [1.29, 1.82) is 0 Å². The van der Waals surface area contributed by atoms with Crippen LogP contribution < -0.4 is 5.32 Å². The number of amides is 1. The molecule has 1 saturated heterocycles. The molecule has 1 N–H and O–H groups in total. The van der Waals surface area contributed by atoms with Gasteiger partial charge in [-0.15, -0.1) is 0 Å². The maximum atomic E-state index is 12.0. The molecule has 1 aromatic carbocycles. The lowest BCUT2D eigenvalue weighted by Crippen LogP contribution is -2.40. The summed E-state index contributed by atoms with van der Waals surface area (Å²) in [6, 6.07) is 9.67. The highest BCUT2D eigenvalue weighted by atomic mass is 32.2. The Hall–Kier alpha value is -1.40. The molecule has 6 heteroatoms. The number of rotatable bonds is 5. The van der Waals surface area contributed by atoms with Crippen molar-refractivity contribution in [3.05, 3.63) is 35.9 Å². The summed E-state index contributed by atoms with van der Waals surface area (Å²) in [6.07, 6.45) is 0.595. The van der Waals surface area contributed by atoms with Crippen LogP contribution in [0.2, 0.25) is 0 Å². The minimum absolute atomic E-state index is 0.0295. The Morgan fingerprint density at radius 3 is 2.65 bits per heavy atom. The van der Waals surface area contributed by atoms with Crippen LogP contribution >= 0.6 is 0 Å². The number of hydrogen-bond donors (Lipinski definition) is 1. The molecule has 1 amide bonds. The maximum Gasteiger partial charge on any atom is 0.236 e. The Kier molecular flexibility index (Phi) is 4.77. The van der Waals surface area contributed by atoms with Gasteiger partial charge >= 0.3 is 0 Å². The number of nitrogens with zero attached hydrogens (tertiary/aromatic N) is 1. The lowest BCUT2D eigenvalue weighted by molar-refractivity contribution is -0.129. The average Bonchev–Trinajstić information content (AvgIpc) is 2.76. The zero-order chi connectivity index (χ0) is 14.6. The molecule has 0 radical (unpaired) electrons. The van der Waals surface area contributed by atoms with Crippen LogP contribution in [0.1, 0.15) is 12.0 Å². The predicted molar refractivity (Wildman–Crippen MR) is 78.0 cm³/mol. The van der Waals surface area contributed by atoms with Crippen LogP contribution in [0.15, 0.2) is 30.3 Å². The van der Waals surface area contributed by atoms with Crippen LogP contribution in [-0.2, 0) is 21.2 Å². The quantitative estimate of drug-likeness (QED) is 0.855. The molecule has 1 aliphatic rings. The van der Waals surface area contributed by atoms with Gasteiger partial charge in [0, 0.05) is 19.6 Å². The summed E-state index contributed by atoms with van der Waals surface area (Å²) < 4.78 is 22.7. The Labute approximate surface area is 119 Å². The fourth-order valence-corrected chi connectivity index (χ4v) is 3.98. The van der Waals surface area contributed by atoms with Gasteiger partial charge in [-0.2, -0.15) is 0 Å². The van der Waals surface area contributed by atoms with Gasteiger partial charge in [0.05, 0.1) is 18.1 Å². The highest BCUT2D eigenvalue weighted by Crippen LogP contribution is 2.11. The first kappa shape index (κ1) is 15.0. The van der Waals surface area contributed by atoms with Crippen LogP contribution in [0, 0.1) is 0 Å². The van der Waals surface area contributed by atoms with Gasteiger partial charge in [0.15, 0.2) is 9.84 Å². The van der Waals surface area contributed by atoms with Gasteiger partial charge in [-0.3, -0.25) is 4.79 Å². The smallest absolute Gasteiger partial charge is 0.236 e. The van der Waals surface area contributed by atoms with Crippen molar-refractivity contribution in [3.8, 4) is 0 Å². The number of carbonyl (C=O) groups is 1. The SMILES string of the molecule is CN(Cc1ccccc1)C(=O)CNC1CCS(=O)(=O)C1. The van der Waals surface area contributed by atoms with Crippen LogP contribution in [0.5, 0.6) is 0 Å². The molecule has 0 aliphatic carbocycles. The van der Waals surface area contributed by atoms with Gasteiger partial charge in [0.1, 0.15) is 0 Å². The second-order valence-corrected chi connectivity index (χ2v) is 7.44. The first-order valence-corrected chi connectivity index (χ1v) is 8.50. The average molecular weight is 296 g/mol. The number of carbonyl (C=O) groups excluding carboxylic acids is 1. The number of sulfone groups is 1. The normalized spacial score (nSPS) is 20.8. The van der Waals surface area contributed by atoms with Gasteiger partial charge in [0.2, 0.25) is 5.91 Å². The third kappa shape index (κ3) is 4.31. The van der Waals surface area contributed by atoms with Crippen molar-refractivity contribution in [2.24, 2.45) is 0 Å². The van der Waals surface area contributed by atoms with Crippen molar-refractivity contribution < 1.29 is 13.2 Å². The molecule has 0 spiro atoms. The molecular formula is C14H20N2O3S. The number of benzene rings is 1. The number of nitrogens with one attached hydrogen (secondary N) is 1. The van der Waals surface area contributed by atoms with Crippen molar-refractivity contribution in [3.63, 3.8) is 0 Å². The monoisotopic (exact) mass is 296 g/mol. The van der Waals surface area contributed by atoms with Gasteiger partial charge < -0.3 is 10.2 Å².